The van der Waals surface area contributed by atoms with Crippen LogP contribution in [0.3, 0.4) is 0 Å². The minimum absolute atomic E-state index is 0.106. The first-order valence-electron chi connectivity index (χ1n) is 5.49. The summed E-state index contributed by atoms with van der Waals surface area (Å²) in [5.41, 5.74) is 5.39. The summed E-state index contributed by atoms with van der Waals surface area (Å²) in [4.78, 5) is 0.106. The molecule has 0 bridgehead atoms. The molecule has 0 aliphatic rings. The molecule has 0 unspecified atom stereocenters. The first-order valence-corrected chi connectivity index (χ1v) is 7.76. The molecule has 0 aliphatic heterocycles. The highest BCUT2D eigenvalue weighted by molar-refractivity contribution is 9.10. The summed E-state index contributed by atoms with van der Waals surface area (Å²) in [5, 5.41) is 0. The van der Waals surface area contributed by atoms with Crippen molar-refractivity contribution < 1.29 is 12.8 Å². The average Bonchev–Trinajstić information content (AvgIpc) is 2.67. The highest BCUT2D eigenvalue weighted by atomic mass is 79.9. The number of sulfonamides is 1. The van der Waals surface area contributed by atoms with E-state index in [2.05, 4.69) is 27.6 Å². The van der Waals surface area contributed by atoms with Crippen molar-refractivity contribution in [3.8, 4) is 0 Å². The molecular weight excluding hydrogens is 308 g/mol. The molecule has 5 nitrogen and oxygen atoms in total. The maximum absolute atomic E-state index is 11.9. The standard InChI is InChI=1S/C10H17BrN2O3S/c1-2-3-4-5-13-17(14,15)9-6-8(7-12)16-10(9)11/h6,13H,2-5,7,12H2,1H3. The van der Waals surface area contributed by atoms with Crippen LogP contribution in [-0.4, -0.2) is 15.0 Å². The van der Waals surface area contributed by atoms with Crippen molar-refractivity contribution in [2.45, 2.75) is 37.6 Å². The molecule has 1 aromatic rings. The Hall–Kier alpha value is -0.370. The zero-order valence-corrected chi connectivity index (χ0v) is 12.1. The Morgan fingerprint density at radius 3 is 2.71 bits per heavy atom. The Kier molecular flexibility index (Phi) is 5.64. The monoisotopic (exact) mass is 324 g/mol. The summed E-state index contributed by atoms with van der Waals surface area (Å²) < 4.78 is 31.7. The third-order valence-corrected chi connectivity index (χ3v) is 4.59. The van der Waals surface area contributed by atoms with Gasteiger partial charge in [0.25, 0.3) is 0 Å². The summed E-state index contributed by atoms with van der Waals surface area (Å²) in [6, 6.07) is 1.44. The van der Waals surface area contributed by atoms with Gasteiger partial charge in [0, 0.05) is 12.6 Å². The molecule has 0 fully saturated rings. The Bertz CT molecular complexity index is 456. The lowest BCUT2D eigenvalue weighted by Crippen LogP contribution is -2.24. The summed E-state index contributed by atoms with van der Waals surface area (Å²) >= 11 is 3.08. The van der Waals surface area contributed by atoms with Crippen molar-refractivity contribution in [1.29, 1.82) is 0 Å². The Balaban J connectivity index is 2.72. The van der Waals surface area contributed by atoms with Crippen LogP contribution >= 0.6 is 15.9 Å². The van der Waals surface area contributed by atoms with E-state index in [0.29, 0.717) is 12.3 Å². The van der Waals surface area contributed by atoms with Crippen molar-refractivity contribution in [3.05, 3.63) is 16.5 Å². The minimum atomic E-state index is -3.51. The van der Waals surface area contributed by atoms with E-state index in [-0.39, 0.29) is 16.1 Å². The molecule has 0 aliphatic carbocycles. The number of nitrogens with two attached hydrogens (primary N) is 1. The van der Waals surface area contributed by atoms with Crippen LogP contribution in [0, 0.1) is 0 Å². The van der Waals surface area contributed by atoms with E-state index < -0.39 is 10.0 Å². The van der Waals surface area contributed by atoms with Gasteiger partial charge in [-0.2, -0.15) is 0 Å². The van der Waals surface area contributed by atoms with Crippen LogP contribution in [-0.2, 0) is 16.6 Å². The molecule has 1 rings (SSSR count). The molecule has 1 aromatic heterocycles. The highest BCUT2D eigenvalue weighted by Gasteiger charge is 2.21. The van der Waals surface area contributed by atoms with Gasteiger partial charge in [-0.1, -0.05) is 19.8 Å². The fourth-order valence-electron chi connectivity index (χ4n) is 1.34. The van der Waals surface area contributed by atoms with E-state index in [1.807, 2.05) is 0 Å². The molecule has 3 N–H and O–H groups in total. The first-order chi connectivity index (χ1) is 8.01. The van der Waals surface area contributed by atoms with Crippen LogP contribution in [0.2, 0.25) is 0 Å². The zero-order chi connectivity index (χ0) is 12.9. The van der Waals surface area contributed by atoms with Gasteiger partial charge in [0.05, 0.1) is 6.54 Å². The summed E-state index contributed by atoms with van der Waals surface area (Å²) in [5.74, 6) is 0.436. The van der Waals surface area contributed by atoms with E-state index in [4.69, 9.17) is 10.2 Å². The van der Waals surface area contributed by atoms with Gasteiger partial charge in [0.2, 0.25) is 10.0 Å². The van der Waals surface area contributed by atoms with Gasteiger partial charge in [-0.3, -0.25) is 0 Å². The zero-order valence-electron chi connectivity index (χ0n) is 9.70. The number of hydrogen-bond acceptors (Lipinski definition) is 4. The number of furan rings is 1. The van der Waals surface area contributed by atoms with Crippen molar-refractivity contribution in [2.75, 3.05) is 6.54 Å². The Morgan fingerprint density at radius 1 is 1.47 bits per heavy atom. The molecule has 0 atom stereocenters. The van der Waals surface area contributed by atoms with Crippen molar-refractivity contribution in [1.82, 2.24) is 4.72 Å². The van der Waals surface area contributed by atoms with Gasteiger partial charge in [-0.15, -0.1) is 0 Å². The lowest BCUT2D eigenvalue weighted by molar-refractivity contribution is 0.483. The average molecular weight is 325 g/mol. The molecule has 0 aromatic carbocycles. The maximum atomic E-state index is 11.9. The number of hydrogen-bond donors (Lipinski definition) is 2. The van der Waals surface area contributed by atoms with E-state index in [1.54, 1.807) is 0 Å². The molecule has 7 heteroatoms. The highest BCUT2D eigenvalue weighted by Crippen LogP contribution is 2.25. The van der Waals surface area contributed by atoms with Crippen molar-refractivity contribution in [3.63, 3.8) is 0 Å². The van der Waals surface area contributed by atoms with Gasteiger partial charge in [0.15, 0.2) is 4.67 Å². The molecule has 0 saturated carbocycles. The van der Waals surface area contributed by atoms with Gasteiger partial charge in [0.1, 0.15) is 10.7 Å². The molecule has 1 heterocycles. The van der Waals surface area contributed by atoms with Crippen molar-refractivity contribution >= 4 is 26.0 Å². The summed E-state index contributed by atoms with van der Waals surface area (Å²) in [6.45, 7) is 2.67. The summed E-state index contributed by atoms with van der Waals surface area (Å²) in [7, 11) is -3.51. The number of rotatable bonds is 7. The van der Waals surface area contributed by atoms with Gasteiger partial charge in [-0.25, -0.2) is 13.1 Å². The molecular formula is C10H17BrN2O3S. The Labute approximate surface area is 110 Å². The van der Waals surface area contributed by atoms with Crippen LogP contribution in [0.5, 0.6) is 0 Å². The summed E-state index contributed by atoms with van der Waals surface area (Å²) in [6.07, 6.45) is 2.88. The van der Waals surface area contributed by atoms with E-state index in [9.17, 15) is 8.42 Å². The lowest BCUT2D eigenvalue weighted by atomic mass is 10.3. The fourth-order valence-corrected chi connectivity index (χ4v) is 3.41. The van der Waals surface area contributed by atoms with Crippen LogP contribution < -0.4 is 10.5 Å². The quantitative estimate of drug-likeness (QED) is 0.751. The largest absolute Gasteiger partial charge is 0.452 e. The molecule has 98 valence electrons. The molecule has 17 heavy (non-hydrogen) atoms. The predicted molar refractivity (Wildman–Crippen MR) is 69.0 cm³/mol. The molecule has 0 amide bonds. The van der Waals surface area contributed by atoms with Gasteiger partial charge < -0.3 is 10.2 Å². The van der Waals surface area contributed by atoms with E-state index in [0.717, 1.165) is 19.3 Å². The predicted octanol–water partition coefficient (Wildman–Crippen LogP) is 1.97. The second-order valence-electron chi connectivity index (χ2n) is 3.66. The van der Waals surface area contributed by atoms with Crippen LogP contribution in [0.15, 0.2) is 20.0 Å². The second kappa shape index (κ2) is 6.53. The van der Waals surface area contributed by atoms with Gasteiger partial charge in [-0.05, 0) is 22.4 Å². The number of halogens is 1. The Morgan fingerprint density at radius 2 is 2.18 bits per heavy atom. The topological polar surface area (TPSA) is 85.3 Å². The third kappa shape index (κ3) is 4.09. The fraction of sp³-hybridized carbons (Fsp3) is 0.600. The number of nitrogens with one attached hydrogen (secondary N) is 1. The van der Waals surface area contributed by atoms with Crippen LogP contribution in [0.4, 0.5) is 0 Å². The lowest BCUT2D eigenvalue weighted by Gasteiger charge is -2.04. The van der Waals surface area contributed by atoms with Gasteiger partial charge >= 0.3 is 0 Å². The first kappa shape index (κ1) is 14.7. The minimum Gasteiger partial charge on any atom is -0.452 e. The van der Waals surface area contributed by atoms with E-state index in [1.165, 1.54) is 6.07 Å². The van der Waals surface area contributed by atoms with Crippen LogP contribution in [0.25, 0.3) is 0 Å². The number of unbranched alkanes of at least 4 members (excludes halogenated alkanes) is 2. The van der Waals surface area contributed by atoms with E-state index >= 15 is 0 Å². The third-order valence-electron chi connectivity index (χ3n) is 2.27. The maximum Gasteiger partial charge on any atom is 0.244 e. The second-order valence-corrected chi connectivity index (χ2v) is 6.12. The van der Waals surface area contributed by atoms with Crippen LogP contribution in [0.1, 0.15) is 31.9 Å². The molecule has 0 spiro atoms. The smallest absolute Gasteiger partial charge is 0.244 e. The molecule has 0 saturated heterocycles. The van der Waals surface area contributed by atoms with Crippen molar-refractivity contribution in [2.24, 2.45) is 5.73 Å². The normalized spacial score (nSPS) is 11.9. The SMILES string of the molecule is CCCCCNS(=O)(=O)c1cc(CN)oc1Br. The molecule has 0 radical (unpaired) electrons.